The van der Waals surface area contributed by atoms with Crippen LogP contribution in [0.1, 0.15) is 0 Å². The minimum absolute atomic E-state index is 0.919. The summed E-state index contributed by atoms with van der Waals surface area (Å²) in [6.45, 7) is 0. The van der Waals surface area contributed by atoms with Crippen LogP contribution in [-0.4, -0.2) is 0 Å². The molecule has 0 amide bonds. The second kappa shape index (κ2) is 7.69. The van der Waals surface area contributed by atoms with Crippen molar-refractivity contribution in [2.45, 2.75) is 0 Å². The minimum Gasteiger partial charge on any atom is -0.456 e. The summed E-state index contributed by atoms with van der Waals surface area (Å²) in [7, 11) is 0. The van der Waals surface area contributed by atoms with Gasteiger partial charge in [-0.15, -0.1) is 0 Å². The van der Waals surface area contributed by atoms with Crippen LogP contribution in [0.5, 0.6) is 11.5 Å². The van der Waals surface area contributed by atoms with Gasteiger partial charge in [0.2, 0.25) is 0 Å². The summed E-state index contributed by atoms with van der Waals surface area (Å²) in [6, 6.07) is 48.4. The third-order valence-corrected chi connectivity index (χ3v) is 8.44. The van der Waals surface area contributed by atoms with Gasteiger partial charge in [-0.25, -0.2) is 0 Å². The van der Waals surface area contributed by atoms with Crippen molar-refractivity contribution in [1.29, 1.82) is 0 Å². The van der Waals surface area contributed by atoms with Crippen molar-refractivity contribution in [3.8, 4) is 44.9 Å². The van der Waals surface area contributed by atoms with Crippen LogP contribution < -0.4 is 4.74 Å². The lowest BCUT2D eigenvalue weighted by Gasteiger charge is -2.22. The van der Waals surface area contributed by atoms with E-state index in [1.54, 1.807) is 0 Å². The van der Waals surface area contributed by atoms with Crippen LogP contribution in [-0.2, 0) is 0 Å². The monoisotopic (exact) mass is 494 g/mol. The summed E-state index contributed by atoms with van der Waals surface area (Å²) < 4.78 is 6.31. The zero-order chi connectivity index (χ0) is 25.5. The van der Waals surface area contributed by atoms with Crippen molar-refractivity contribution >= 4 is 43.1 Å². The molecule has 1 aliphatic heterocycles. The van der Waals surface area contributed by atoms with Gasteiger partial charge in [-0.3, -0.25) is 0 Å². The Labute approximate surface area is 225 Å². The van der Waals surface area contributed by atoms with E-state index in [-0.39, 0.29) is 0 Å². The Bertz CT molecular complexity index is 2220. The molecule has 180 valence electrons. The van der Waals surface area contributed by atoms with Crippen LogP contribution in [0.3, 0.4) is 0 Å². The topological polar surface area (TPSA) is 9.23 Å². The number of hydrogen-bond donors (Lipinski definition) is 0. The zero-order valence-electron chi connectivity index (χ0n) is 21.1. The molecule has 0 saturated carbocycles. The Morgan fingerprint density at radius 3 is 1.69 bits per heavy atom. The van der Waals surface area contributed by atoms with Gasteiger partial charge >= 0.3 is 0 Å². The van der Waals surface area contributed by atoms with E-state index in [1.807, 2.05) is 12.1 Å². The maximum atomic E-state index is 6.31. The molecule has 0 fully saturated rings. The Hall–Kier alpha value is -5.14. The minimum atomic E-state index is 0.919. The maximum absolute atomic E-state index is 6.31. The SMILES string of the molecule is c1ccc2c(c1)Oc1ccc(-c3ccc(-c4ccc5ccc6cccc7ccc4c5c67)cc3)c3cccc-2c13. The molecule has 0 spiro atoms. The van der Waals surface area contributed by atoms with Crippen molar-refractivity contribution in [2.75, 3.05) is 0 Å². The Kier molecular flexibility index (Phi) is 4.11. The largest absolute Gasteiger partial charge is 0.456 e. The van der Waals surface area contributed by atoms with E-state index in [2.05, 4.69) is 121 Å². The number of hydrogen-bond acceptors (Lipinski definition) is 1. The molecule has 1 aliphatic rings. The van der Waals surface area contributed by atoms with E-state index in [4.69, 9.17) is 4.74 Å². The lowest BCUT2D eigenvalue weighted by molar-refractivity contribution is 0.487. The first kappa shape index (κ1) is 20.9. The van der Waals surface area contributed by atoms with Crippen LogP contribution in [0.25, 0.3) is 76.5 Å². The fraction of sp³-hybridized carbons (Fsp3) is 0. The first-order chi connectivity index (χ1) is 19.3. The van der Waals surface area contributed by atoms with Gasteiger partial charge < -0.3 is 4.74 Å². The van der Waals surface area contributed by atoms with Gasteiger partial charge in [0, 0.05) is 10.9 Å². The first-order valence-corrected chi connectivity index (χ1v) is 13.4. The van der Waals surface area contributed by atoms with E-state index in [0.717, 1.165) is 17.1 Å². The summed E-state index contributed by atoms with van der Waals surface area (Å²) in [5.74, 6) is 1.84. The summed E-state index contributed by atoms with van der Waals surface area (Å²) >= 11 is 0. The Balaban J connectivity index is 1.20. The van der Waals surface area contributed by atoms with E-state index in [0.29, 0.717) is 0 Å². The molecule has 0 aromatic heterocycles. The molecule has 0 atom stereocenters. The summed E-state index contributed by atoms with van der Waals surface area (Å²) in [6.07, 6.45) is 0. The Morgan fingerprint density at radius 2 is 0.897 bits per heavy atom. The molecule has 1 heteroatoms. The highest BCUT2D eigenvalue weighted by atomic mass is 16.5. The third kappa shape index (κ3) is 2.90. The molecule has 0 saturated heterocycles. The highest BCUT2D eigenvalue weighted by molar-refractivity contribution is 6.25. The van der Waals surface area contributed by atoms with Crippen LogP contribution in [0.4, 0.5) is 0 Å². The van der Waals surface area contributed by atoms with Gasteiger partial charge in [0.25, 0.3) is 0 Å². The summed E-state index contributed by atoms with van der Waals surface area (Å²) in [5, 5.41) is 10.3. The van der Waals surface area contributed by atoms with Gasteiger partial charge in [-0.2, -0.15) is 0 Å². The molecule has 1 heterocycles. The fourth-order valence-corrected chi connectivity index (χ4v) is 6.65. The molecular formula is C38H22O. The molecule has 0 radical (unpaired) electrons. The molecule has 9 rings (SSSR count). The highest BCUT2D eigenvalue weighted by Gasteiger charge is 2.21. The third-order valence-electron chi connectivity index (χ3n) is 8.44. The predicted octanol–water partition coefficient (Wildman–Crippen LogP) is 10.8. The van der Waals surface area contributed by atoms with Crippen molar-refractivity contribution in [3.63, 3.8) is 0 Å². The van der Waals surface area contributed by atoms with Gasteiger partial charge in [-0.05, 0) is 77.7 Å². The van der Waals surface area contributed by atoms with Crippen LogP contribution in [0.15, 0.2) is 133 Å². The Morgan fingerprint density at radius 1 is 0.308 bits per heavy atom. The highest BCUT2D eigenvalue weighted by Crippen LogP contribution is 2.48. The predicted molar refractivity (Wildman–Crippen MR) is 164 cm³/mol. The number of benzene rings is 8. The lowest BCUT2D eigenvalue weighted by Crippen LogP contribution is -1.97. The van der Waals surface area contributed by atoms with Crippen molar-refractivity contribution < 1.29 is 4.74 Å². The molecular weight excluding hydrogens is 472 g/mol. The number of rotatable bonds is 2. The van der Waals surface area contributed by atoms with Gasteiger partial charge in [0.1, 0.15) is 11.5 Å². The average molecular weight is 495 g/mol. The molecule has 0 aliphatic carbocycles. The normalized spacial score (nSPS) is 12.3. The summed E-state index contributed by atoms with van der Waals surface area (Å²) in [4.78, 5) is 0. The zero-order valence-corrected chi connectivity index (χ0v) is 21.1. The number of fused-ring (bicyclic) bond motifs is 2. The van der Waals surface area contributed by atoms with E-state index in [1.165, 1.54) is 70.9 Å². The van der Waals surface area contributed by atoms with Crippen LogP contribution in [0.2, 0.25) is 0 Å². The van der Waals surface area contributed by atoms with E-state index >= 15 is 0 Å². The molecule has 39 heavy (non-hydrogen) atoms. The fourth-order valence-electron chi connectivity index (χ4n) is 6.65. The average Bonchev–Trinajstić information content (AvgIpc) is 3.00. The number of para-hydroxylation sites is 1. The van der Waals surface area contributed by atoms with Crippen molar-refractivity contribution in [1.82, 2.24) is 0 Å². The molecule has 0 unspecified atom stereocenters. The molecule has 8 aromatic carbocycles. The van der Waals surface area contributed by atoms with E-state index < -0.39 is 0 Å². The molecule has 1 nitrogen and oxygen atoms in total. The lowest BCUT2D eigenvalue weighted by atomic mass is 9.88. The summed E-state index contributed by atoms with van der Waals surface area (Å²) in [5.41, 5.74) is 7.32. The maximum Gasteiger partial charge on any atom is 0.135 e. The molecule has 8 aromatic rings. The van der Waals surface area contributed by atoms with E-state index in [9.17, 15) is 0 Å². The van der Waals surface area contributed by atoms with Crippen LogP contribution >= 0.6 is 0 Å². The second-order valence-corrected chi connectivity index (χ2v) is 10.5. The molecule has 0 N–H and O–H groups in total. The van der Waals surface area contributed by atoms with Crippen LogP contribution in [0, 0.1) is 0 Å². The van der Waals surface area contributed by atoms with Gasteiger partial charge in [0.15, 0.2) is 0 Å². The van der Waals surface area contributed by atoms with Crippen molar-refractivity contribution in [3.05, 3.63) is 133 Å². The smallest absolute Gasteiger partial charge is 0.135 e. The standard InChI is InChI=1S/C38H22O/c1-2-10-34-30(7-1)32-9-4-8-31-29(21-22-35(39-34)38(31)32)24-13-11-23(12-14-24)28-19-17-27-16-15-25-5-3-6-26-18-20-33(28)37(27)36(25)26/h1-22H. The van der Waals surface area contributed by atoms with Crippen molar-refractivity contribution in [2.24, 2.45) is 0 Å². The number of ether oxygens (including phenoxy) is 1. The second-order valence-electron chi connectivity index (χ2n) is 10.5. The van der Waals surface area contributed by atoms with Gasteiger partial charge in [-0.1, -0.05) is 121 Å². The first-order valence-electron chi connectivity index (χ1n) is 13.4. The van der Waals surface area contributed by atoms with Gasteiger partial charge in [0.05, 0.1) is 0 Å². The molecule has 0 bridgehead atoms. The quantitative estimate of drug-likeness (QED) is 0.217.